The molecule has 0 radical (unpaired) electrons. The fourth-order valence-electron chi connectivity index (χ4n) is 3.28. The maximum atomic E-state index is 13.1. The maximum Gasteiger partial charge on any atom is 0.270 e. The molecule has 0 saturated carbocycles. The molecule has 3 aromatic rings. The van der Waals surface area contributed by atoms with Crippen molar-refractivity contribution in [2.45, 2.75) is 6.61 Å². The van der Waals surface area contributed by atoms with E-state index in [2.05, 4.69) is 0 Å². The highest BCUT2D eigenvalue weighted by molar-refractivity contribution is 8.27. The van der Waals surface area contributed by atoms with Crippen LogP contribution in [0.1, 0.15) is 11.1 Å². The second kappa shape index (κ2) is 10.1. The molecule has 1 heterocycles. The molecule has 0 bridgehead atoms. The Bertz CT molecular complexity index is 1230. The van der Waals surface area contributed by atoms with Gasteiger partial charge >= 0.3 is 0 Å². The highest BCUT2D eigenvalue weighted by Gasteiger charge is 2.34. The lowest BCUT2D eigenvalue weighted by Gasteiger charge is -2.17. The number of benzene rings is 3. The van der Waals surface area contributed by atoms with E-state index in [1.165, 1.54) is 28.8 Å². The second-order valence-corrected chi connectivity index (χ2v) is 8.69. The average Bonchev–Trinajstić information content (AvgIpc) is 3.11. The molecule has 1 amide bonds. The van der Waals surface area contributed by atoms with Crippen molar-refractivity contribution in [3.63, 3.8) is 0 Å². The predicted octanol–water partition coefficient (Wildman–Crippen LogP) is 5.83. The first-order chi connectivity index (χ1) is 16.0. The van der Waals surface area contributed by atoms with Gasteiger partial charge in [-0.1, -0.05) is 54.3 Å². The van der Waals surface area contributed by atoms with E-state index < -0.39 is 0 Å². The first-order valence-electron chi connectivity index (χ1n) is 9.96. The van der Waals surface area contributed by atoms with Crippen LogP contribution in [-0.2, 0) is 11.4 Å². The Kier molecular flexibility index (Phi) is 6.96. The maximum absolute atomic E-state index is 13.1. The molecule has 0 atom stereocenters. The Hall–Kier alpha value is -3.36. The fourth-order valence-corrected chi connectivity index (χ4v) is 4.56. The standard InChI is InChI=1S/C25H20FNO4S2/c1-29-20-6-4-3-5-19(20)27-24(28)23(33-25(27)32)14-17-9-12-21(22(13-17)30-2)31-15-16-7-10-18(26)11-8-16/h3-14H,15H2,1-2H3. The normalized spacial score (nSPS) is 14.6. The van der Waals surface area contributed by atoms with Crippen molar-refractivity contribution in [3.05, 3.63) is 88.6 Å². The number of halogens is 1. The van der Waals surface area contributed by atoms with Gasteiger partial charge in [-0.3, -0.25) is 9.69 Å². The number of ether oxygens (including phenoxy) is 3. The third-order valence-corrected chi connectivity index (χ3v) is 6.21. The van der Waals surface area contributed by atoms with Crippen molar-refractivity contribution >= 4 is 46.0 Å². The molecule has 3 aromatic carbocycles. The van der Waals surface area contributed by atoms with Gasteiger partial charge in [-0.15, -0.1) is 0 Å². The molecule has 168 valence electrons. The van der Waals surface area contributed by atoms with Crippen LogP contribution >= 0.6 is 24.0 Å². The molecule has 33 heavy (non-hydrogen) atoms. The summed E-state index contributed by atoms with van der Waals surface area (Å²) in [5.41, 5.74) is 2.21. The number of hydrogen-bond acceptors (Lipinski definition) is 6. The first kappa shape index (κ1) is 22.8. The largest absolute Gasteiger partial charge is 0.495 e. The summed E-state index contributed by atoms with van der Waals surface area (Å²) in [4.78, 5) is 15.1. The first-order valence-corrected chi connectivity index (χ1v) is 11.2. The van der Waals surface area contributed by atoms with Crippen LogP contribution in [0.25, 0.3) is 6.08 Å². The number of anilines is 1. The zero-order valence-electron chi connectivity index (χ0n) is 17.9. The molecule has 0 aliphatic carbocycles. The van der Waals surface area contributed by atoms with Gasteiger partial charge in [-0.05, 0) is 53.6 Å². The lowest BCUT2D eigenvalue weighted by molar-refractivity contribution is -0.113. The number of amides is 1. The molecule has 0 aromatic heterocycles. The topological polar surface area (TPSA) is 48.0 Å². The molecule has 4 rings (SSSR count). The van der Waals surface area contributed by atoms with Gasteiger partial charge in [0, 0.05) is 0 Å². The number of methoxy groups -OCH3 is 2. The summed E-state index contributed by atoms with van der Waals surface area (Å²) in [6, 6.07) is 18.7. The van der Waals surface area contributed by atoms with E-state index >= 15 is 0 Å². The van der Waals surface area contributed by atoms with Gasteiger partial charge < -0.3 is 14.2 Å². The van der Waals surface area contributed by atoms with E-state index in [1.807, 2.05) is 18.2 Å². The number of rotatable bonds is 7. The van der Waals surface area contributed by atoms with Gasteiger partial charge in [0.2, 0.25) is 0 Å². The van der Waals surface area contributed by atoms with Crippen LogP contribution in [0.15, 0.2) is 71.6 Å². The Labute approximate surface area is 200 Å². The van der Waals surface area contributed by atoms with Crippen LogP contribution in [0.2, 0.25) is 0 Å². The van der Waals surface area contributed by atoms with Crippen LogP contribution in [0, 0.1) is 5.82 Å². The molecule has 5 nitrogen and oxygen atoms in total. The van der Waals surface area contributed by atoms with Gasteiger partial charge in [0.1, 0.15) is 18.2 Å². The van der Waals surface area contributed by atoms with Crippen LogP contribution in [0.5, 0.6) is 17.2 Å². The lowest BCUT2D eigenvalue weighted by atomic mass is 10.1. The third-order valence-electron chi connectivity index (χ3n) is 4.91. The number of carbonyl (C=O) groups is 1. The van der Waals surface area contributed by atoms with E-state index in [-0.39, 0.29) is 18.3 Å². The minimum atomic E-state index is -0.295. The molecule has 0 N–H and O–H groups in total. The van der Waals surface area contributed by atoms with Crippen LogP contribution < -0.4 is 19.1 Å². The average molecular weight is 482 g/mol. The van der Waals surface area contributed by atoms with E-state index in [1.54, 1.807) is 56.7 Å². The molecule has 1 aliphatic heterocycles. The van der Waals surface area contributed by atoms with Crippen LogP contribution in [0.4, 0.5) is 10.1 Å². The monoisotopic (exact) mass is 481 g/mol. The molecule has 1 fully saturated rings. The summed E-state index contributed by atoms with van der Waals surface area (Å²) in [6.45, 7) is 0.271. The predicted molar refractivity (Wildman–Crippen MR) is 132 cm³/mol. The van der Waals surface area contributed by atoms with Crippen molar-refractivity contribution in [1.82, 2.24) is 0 Å². The highest BCUT2D eigenvalue weighted by atomic mass is 32.2. The second-order valence-electron chi connectivity index (χ2n) is 7.01. The Balaban J connectivity index is 1.54. The van der Waals surface area contributed by atoms with E-state index in [0.717, 1.165) is 11.1 Å². The summed E-state index contributed by atoms with van der Waals surface area (Å²) in [5.74, 6) is 1.12. The molecule has 1 saturated heterocycles. The summed E-state index contributed by atoms with van der Waals surface area (Å²) < 4.78 is 30.2. The highest BCUT2D eigenvalue weighted by Crippen LogP contribution is 2.40. The lowest BCUT2D eigenvalue weighted by Crippen LogP contribution is -2.27. The molecule has 1 aliphatic rings. The van der Waals surface area contributed by atoms with Crippen molar-refractivity contribution in [2.75, 3.05) is 19.1 Å². The zero-order chi connectivity index (χ0) is 23.4. The number of para-hydroxylation sites is 2. The van der Waals surface area contributed by atoms with Crippen molar-refractivity contribution in [2.24, 2.45) is 0 Å². The summed E-state index contributed by atoms with van der Waals surface area (Å²) in [7, 11) is 3.10. The SMILES string of the molecule is COc1cc(C=C2SC(=S)N(c3ccccc3OC)C2=O)ccc1OCc1ccc(F)cc1. The van der Waals surface area contributed by atoms with E-state index in [9.17, 15) is 9.18 Å². The number of nitrogens with zero attached hydrogens (tertiary/aromatic N) is 1. The molecular weight excluding hydrogens is 461 g/mol. The zero-order valence-corrected chi connectivity index (χ0v) is 19.5. The minimum absolute atomic E-state index is 0.217. The molecule has 0 unspecified atom stereocenters. The van der Waals surface area contributed by atoms with Crippen molar-refractivity contribution in [1.29, 1.82) is 0 Å². The smallest absolute Gasteiger partial charge is 0.270 e. The Morgan fingerprint density at radius 3 is 2.42 bits per heavy atom. The number of hydrogen-bond donors (Lipinski definition) is 0. The van der Waals surface area contributed by atoms with E-state index in [0.29, 0.717) is 32.2 Å². The molecule has 8 heteroatoms. The van der Waals surface area contributed by atoms with E-state index in [4.69, 9.17) is 26.4 Å². The number of carbonyl (C=O) groups excluding carboxylic acids is 1. The van der Waals surface area contributed by atoms with Crippen LogP contribution in [0.3, 0.4) is 0 Å². The van der Waals surface area contributed by atoms with Gasteiger partial charge in [0.25, 0.3) is 5.91 Å². The third kappa shape index (κ3) is 5.02. The van der Waals surface area contributed by atoms with Gasteiger partial charge in [0.15, 0.2) is 15.8 Å². The quantitative estimate of drug-likeness (QED) is 0.313. The summed E-state index contributed by atoms with van der Waals surface area (Å²) >= 11 is 6.69. The molecular formula is C25H20FNO4S2. The van der Waals surface area contributed by atoms with Crippen molar-refractivity contribution in [3.8, 4) is 17.2 Å². The Morgan fingerprint density at radius 1 is 0.970 bits per heavy atom. The van der Waals surface area contributed by atoms with Crippen molar-refractivity contribution < 1.29 is 23.4 Å². The van der Waals surface area contributed by atoms with Crippen LogP contribution in [-0.4, -0.2) is 24.4 Å². The van der Waals surface area contributed by atoms with Gasteiger partial charge in [0.05, 0.1) is 24.8 Å². The summed E-state index contributed by atoms with van der Waals surface area (Å²) in [5, 5.41) is 0. The fraction of sp³-hybridized carbons (Fsp3) is 0.120. The van der Waals surface area contributed by atoms with Gasteiger partial charge in [-0.2, -0.15) is 0 Å². The number of thioether (sulfide) groups is 1. The summed E-state index contributed by atoms with van der Waals surface area (Å²) in [6.07, 6.45) is 1.76. The number of thiocarbonyl (C=S) groups is 1. The molecule has 0 spiro atoms. The minimum Gasteiger partial charge on any atom is -0.495 e. The van der Waals surface area contributed by atoms with Gasteiger partial charge in [-0.25, -0.2) is 4.39 Å². The Morgan fingerprint density at radius 2 is 1.70 bits per heavy atom.